The van der Waals surface area contributed by atoms with Gasteiger partial charge in [-0.15, -0.1) is 0 Å². The third-order valence-corrected chi connectivity index (χ3v) is 7.39. The average molecular weight is 441 g/mol. The molecular weight excluding hydrogens is 420 g/mol. The molecule has 2 atom stereocenters. The van der Waals surface area contributed by atoms with Crippen LogP contribution in [0.15, 0.2) is 29.2 Å². The summed E-state index contributed by atoms with van der Waals surface area (Å²) in [5.41, 5.74) is 0. The van der Waals surface area contributed by atoms with E-state index in [9.17, 15) is 18.0 Å². The van der Waals surface area contributed by atoms with Gasteiger partial charge in [0.25, 0.3) is 0 Å². The van der Waals surface area contributed by atoms with Crippen LogP contribution < -0.4 is 5.32 Å². The number of ether oxygens (including phenoxy) is 1. The molecule has 1 aromatic carbocycles. The fourth-order valence-corrected chi connectivity index (χ4v) is 5.53. The zero-order valence-electron chi connectivity index (χ0n) is 15.6. The molecule has 0 bridgehead atoms. The summed E-state index contributed by atoms with van der Waals surface area (Å²) in [4.78, 5) is 27.1. The Bertz CT molecular complexity index is 926. The molecule has 2 amide bonds. The normalized spacial score (nSPS) is 22.8. The van der Waals surface area contributed by atoms with Crippen LogP contribution >= 0.6 is 11.6 Å². The van der Waals surface area contributed by atoms with E-state index in [1.54, 1.807) is 17.0 Å². The van der Waals surface area contributed by atoms with E-state index in [-0.39, 0.29) is 35.5 Å². The van der Waals surface area contributed by atoms with Gasteiger partial charge in [0, 0.05) is 26.2 Å². The van der Waals surface area contributed by atoms with Gasteiger partial charge in [-0.05, 0) is 12.1 Å². The predicted octanol–water partition coefficient (Wildman–Crippen LogP) is 0.0753. The smallest absolute Gasteiger partial charge is 0.244 e. The number of nitriles is 1. The van der Waals surface area contributed by atoms with Crippen molar-refractivity contribution < 1.29 is 22.7 Å². The van der Waals surface area contributed by atoms with Crippen LogP contribution in [0.3, 0.4) is 0 Å². The second-order valence-corrected chi connectivity index (χ2v) is 9.09. The van der Waals surface area contributed by atoms with Crippen molar-refractivity contribution in [3.05, 3.63) is 29.3 Å². The predicted molar refractivity (Wildman–Crippen MR) is 103 cm³/mol. The highest BCUT2D eigenvalue weighted by Crippen LogP contribution is 2.33. The molecule has 2 heterocycles. The third-order valence-electron chi connectivity index (χ3n) is 5.06. The number of halogens is 1. The average Bonchev–Trinajstić information content (AvgIpc) is 3.18. The zero-order valence-corrected chi connectivity index (χ0v) is 17.2. The number of carbonyl (C=O) groups excluding carboxylic acids is 2. The van der Waals surface area contributed by atoms with E-state index in [1.165, 1.54) is 12.1 Å². The fourth-order valence-electron chi connectivity index (χ4n) is 3.55. The Kier molecular flexibility index (Phi) is 6.74. The minimum Gasteiger partial charge on any atom is -0.378 e. The van der Waals surface area contributed by atoms with Crippen molar-refractivity contribution in [2.24, 2.45) is 11.8 Å². The summed E-state index contributed by atoms with van der Waals surface area (Å²) in [5, 5.41) is 11.2. The SMILES string of the molecule is N#CCNC(=O)C1CN(S(=O)(=O)c2ccccc2Cl)CC1C(=O)N1CCOCC1. The van der Waals surface area contributed by atoms with Crippen molar-refractivity contribution in [3.63, 3.8) is 0 Å². The number of hydrogen-bond acceptors (Lipinski definition) is 6. The summed E-state index contributed by atoms with van der Waals surface area (Å²) in [7, 11) is -3.99. The zero-order chi connectivity index (χ0) is 21.0. The highest BCUT2D eigenvalue weighted by molar-refractivity contribution is 7.89. The monoisotopic (exact) mass is 440 g/mol. The summed E-state index contributed by atoms with van der Waals surface area (Å²) < 4.78 is 32.6. The lowest BCUT2D eigenvalue weighted by atomic mass is 9.93. The molecule has 9 nitrogen and oxygen atoms in total. The molecule has 0 aliphatic carbocycles. The fraction of sp³-hybridized carbons (Fsp3) is 0.500. The molecule has 156 valence electrons. The maximum absolute atomic E-state index is 13.1. The number of sulfonamides is 1. The van der Waals surface area contributed by atoms with Crippen molar-refractivity contribution in [1.82, 2.24) is 14.5 Å². The van der Waals surface area contributed by atoms with Crippen LogP contribution in [0.2, 0.25) is 5.02 Å². The van der Waals surface area contributed by atoms with Crippen molar-refractivity contribution >= 4 is 33.4 Å². The number of amides is 2. The van der Waals surface area contributed by atoms with Crippen LogP contribution in [-0.2, 0) is 24.3 Å². The molecule has 3 rings (SSSR count). The largest absolute Gasteiger partial charge is 0.378 e. The Hall–Kier alpha value is -2.19. The van der Waals surface area contributed by atoms with Gasteiger partial charge in [0.1, 0.15) is 11.4 Å². The molecule has 2 aliphatic heterocycles. The molecule has 1 aromatic rings. The van der Waals surface area contributed by atoms with Gasteiger partial charge in [0.2, 0.25) is 21.8 Å². The Morgan fingerprint density at radius 3 is 2.52 bits per heavy atom. The molecule has 0 spiro atoms. The lowest BCUT2D eigenvalue weighted by Gasteiger charge is -2.30. The van der Waals surface area contributed by atoms with E-state index in [1.807, 2.05) is 6.07 Å². The Labute approximate surface area is 174 Å². The summed E-state index contributed by atoms with van der Waals surface area (Å²) >= 11 is 6.07. The molecule has 1 N–H and O–H groups in total. The minimum atomic E-state index is -3.99. The molecule has 0 radical (unpaired) electrons. The number of morpholine rings is 1. The van der Waals surface area contributed by atoms with Crippen LogP contribution in [-0.4, -0.2) is 75.4 Å². The molecule has 2 fully saturated rings. The minimum absolute atomic E-state index is 0.0703. The number of nitrogens with one attached hydrogen (secondary N) is 1. The molecular formula is C18H21ClN4O5S. The summed E-state index contributed by atoms with van der Waals surface area (Å²) in [5.74, 6) is -2.54. The lowest BCUT2D eigenvalue weighted by molar-refractivity contribution is -0.143. The number of carbonyl (C=O) groups is 2. The van der Waals surface area contributed by atoms with E-state index in [2.05, 4.69) is 5.32 Å². The van der Waals surface area contributed by atoms with Gasteiger partial charge in [-0.1, -0.05) is 23.7 Å². The van der Waals surface area contributed by atoms with E-state index in [0.717, 1.165) is 4.31 Å². The highest BCUT2D eigenvalue weighted by Gasteiger charge is 2.47. The van der Waals surface area contributed by atoms with Crippen LogP contribution in [0, 0.1) is 23.2 Å². The standard InChI is InChI=1S/C18H21ClN4O5S/c19-15-3-1-2-4-16(15)29(26,27)23-11-13(17(24)21-6-5-20)14(12-23)18(25)22-7-9-28-10-8-22/h1-4,13-14H,6-12H2,(H,21,24). The van der Waals surface area contributed by atoms with Crippen molar-refractivity contribution in [2.45, 2.75) is 4.90 Å². The first kappa shape index (κ1) is 21.5. The van der Waals surface area contributed by atoms with Gasteiger partial charge in [-0.3, -0.25) is 9.59 Å². The number of hydrogen-bond donors (Lipinski definition) is 1. The summed E-state index contributed by atoms with van der Waals surface area (Å²) in [6.45, 7) is 1.06. The van der Waals surface area contributed by atoms with Gasteiger partial charge in [0.15, 0.2) is 0 Å². The molecule has 2 saturated heterocycles. The molecule has 29 heavy (non-hydrogen) atoms. The highest BCUT2D eigenvalue weighted by atomic mass is 35.5. The Balaban J connectivity index is 1.88. The molecule has 0 aromatic heterocycles. The maximum Gasteiger partial charge on any atom is 0.244 e. The van der Waals surface area contributed by atoms with Gasteiger partial charge in [0.05, 0.1) is 36.1 Å². The van der Waals surface area contributed by atoms with E-state index in [4.69, 9.17) is 21.6 Å². The second-order valence-electron chi connectivity index (χ2n) is 6.78. The topological polar surface area (TPSA) is 120 Å². The lowest BCUT2D eigenvalue weighted by Crippen LogP contribution is -2.47. The molecule has 2 aliphatic rings. The quantitative estimate of drug-likeness (QED) is 0.647. The van der Waals surface area contributed by atoms with Gasteiger partial charge in [-0.2, -0.15) is 9.57 Å². The van der Waals surface area contributed by atoms with Gasteiger partial charge < -0.3 is 15.0 Å². The Morgan fingerprint density at radius 1 is 1.21 bits per heavy atom. The van der Waals surface area contributed by atoms with E-state index < -0.39 is 27.8 Å². The van der Waals surface area contributed by atoms with Gasteiger partial charge >= 0.3 is 0 Å². The third kappa shape index (κ3) is 4.53. The second kappa shape index (κ2) is 9.09. The first-order valence-corrected chi connectivity index (χ1v) is 10.9. The van der Waals surface area contributed by atoms with Crippen LogP contribution in [0.4, 0.5) is 0 Å². The van der Waals surface area contributed by atoms with Crippen LogP contribution in [0.1, 0.15) is 0 Å². The van der Waals surface area contributed by atoms with Crippen molar-refractivity contribution in [1.29, 1.82) is 5.26 Å². The summed E-state index contributed by atoms with van der Waals surface area (Å²) in [6.07, 6.45) is 0. The van der Waals surface area contributed by atoms with Crippen molar-refractivity contribution in [3.8, 4) is 6.07 Å². The Morgan fingerprint density at radius 2 is 1.86 bits per heavy atom. The number of benzene rings is 1. The van der Waals surface area contributed by atoms with E-state index >= 15 is 0 Å². The first-order valence-electron chi connectivity index (χ1n) is 9.12. The number of nitrogens with zero attached hydrogens (tertiary/aromatic N) is 3. The summed E-state index contributed by atoms with van der Waals surface area (Å²) in [6, 6.07) is 7.85. The number of rotatable bonds is 5. The van der Waals surface area contributed by atoms with Gasteiger partial charge in [-0.25, -0.2) is 8.42 Å². The van der Waals surface area contributed by atoms with E-state index in [0.29, 0.717) is 26.3 Å². The molecule has 11 heteroatoms. The molecule has 0 saturated carbocycles. The van der Waals surface area contributed by atoms with Crippen LogP contribution in [0.5, 0.6) is 0 Å². The van der Waals surface area contributed by atoms with Crippen molar-refractivity contribution in [2.75, 3.05) is 45.9 Å². The van der Waals surface area contributed by atoms with Crippen LogP contribution in [0.25, 0.3) is 0 Å². The first-order chi connectivity index (χ1) is 13.9. The maximum atomic E-state index is 13.1. The molecule has 2 unspecified atom stereocenters.